The molecule has 2 aliphatic rings. The predicted octanol–water partition coefficient (Wildman–Crippen LogP) is 3.52. The van der Waals surface area contributed by atoms with Crippen molar-refractivity contribution in [2.24, 2.45) is 5.92 Å². The molecule has 2 aromatic carbocycles. The highest BCUT2D eigenvalue weighted by atomic mass is 16.5. The van der Waals surface area contributed by atoms with E-state index < -0.39 is 0 Å². The van der Waals surface area contributed by atoms with Crippen LogP contribution in [0.25, 0.3) is 0 Å². The summed E-state index contributed by atoms with van der Waals surface area (Å²) in [4.78, 5) is 41.4. The number of anilines is 1. The Labute approximate surface area is 201 Å². The molecule has 7 nitrogen and oxygen atoms in total. The van der Waals surface area contributed by atoms with Crippen LogP contribution in [0.3, 0.4) is 0 Å². The van der Waals surface area contributed by atoms with Gasteiger partial charge in [-0.15, -0.1) is 0 Å². The summed E-state index contributed by atoms with van der Waals surface area (Å²) in [7, 11) is 0. The van der Waals surface area contributed by atoms with Gasteiger partial charge in [0.1, 0.15) is 5.75 Å². The Kier molecular flexibility index (Phi) is 7.50. The number of ether oxygens (including phenoxy) is 1. The molecule has 3 amide bonds. The van der Waals surface area contributed by atoms with E-state index in [4.69, 9.17) is 4.74 Å². The van der Waals surface area contributed by atoms with Crippen molar-refractivity contribution in [1.82, 2.24) is 10.2 Å². The fourth-order valence-corrected chi connectivity index (χ4v) is 4.92. The highest BCUT2D eigenvalue weighted by molar-refractivity contribution is 6.00. The van der Waals surface area contributed by atoms with Gasteiger partial charge in [-0.1, -0.05) is 30.3 Å². The van der Waals surface area contributed by atoms with Crippen LogP contribution in [0.1, 0.15) is 45.1 Å². The third-order valence-electron chi connectivity index (χ3n) is 6.80. The van der Waals surface area contributed by atoms with Crippen LogP contribution >= 0.6 is 0 Å². The number of piperidine rings is 1. The zero-order valence-corrected chi connectivity index (χ0v) is 19.9. The van der Waals surface area contributed by atoms with E-state index in [1.165, 1.54) is 0 Å². The first kappa shape index (κ1) is 23.8. The number of rotatable bonds is 7. The fourth-order valence-electron chi connectivity index (χ4n) is 4.92. The molecule has 0 spiro atoms. The van der Waals surface area contributed by atoms with Crippen LogP contribution in [0.4, 0.5) is 5.69 Å². The molecule has 0 bridgehead atoms. The first-order valence-corrected chi connectivity index (χ1v) is 12.1. The number of nitrogens with one attached hydrogen (secondary N) is 1. The van der Waals surface area contributed by atoms with Gasteiger partial charge in [0.05, 0.1) is 5.92 Å². The van der Waals surface area contributed by atoms with E-state index in [1.807, 2.05) is 35.2 Å². The molecule has 3 atom stereocenters. The van der Waals surface area contributed by atoms with Crippen molar-refractivity contribution < 1.29 is 19.1 Å². The van der Waals surface area contributed by atoms with Gasteiger partial charge in [-0.3, -0.25) is 14.4 Å². The molecule has 2 fully saturated rings. The number of benzene rings is 2. The van der Waals surface area contributed by atoms with E-state index in [1.54, 1.807) is 29.2 Å². The predicted molar refractivity (Wildman–Crippen MR) is 130 cm³/mol. The van der Waals surface area contributed by atoms with Gasteiger partial charge in [0.2, 0.25) is 11.8 Å². The van der Waals surface area contributed by atoms with Gasteiger partial charge in [0, 0.05) is 37.3 Å². The Morgan fingerprint density at radius 1 is 1.00 bits per heavy atom. The van der Waals surface area contributed by atoms with Crippen molar-refractivity contribution in [1.29, 1.82) is 0 Å². The lowest BCUT2D eigenvalue weighted by atomic mass is 9.97. The summed E-state index contributed by atoms with van der Waals surface area (Å²) < 4.78 is 5.74. The summed E-state index contributed by atoms with van der Waals surface area (Å²) in [6.45, 7) is 4.97. The number of carbonyl (C=O) groups excluding carboxylic acids is 3. The molecule has 2 aromatic rings. The van der Waals surface area contributed by atoms with E-state index in [9.17, 15) is 14.4 Å². The largest absolute Gasteiger partial charge is 0.484 e. The smallest absolute Gasteiger partial charge is 0.260 e. The summed E-state index contributed by atoms with van der Waals surface area (Å²) in [5.74, 6) is 0.0236. The molecule has 34 heavy (non-hydrogen) atoms. The van der Waals surface area contributed by atoms with Crippen LogP contribution < -0.4 is 15.0 Å². The van der Waals surface area contributed by atoms with E-state index in [0.717, 1.165) is 30.5 Å². The molecule has 2 aliphatic heterocycles. The number of likely N-dealkylation sites (tertiary alicyclic amines) is 1. The van der Waals surface area contributed by atoms with Crippen LogP contribution in [0.15, 0.2) is 54.6 Å². The van der Waals surface area contributed by atoms with Gasteiger partial charge in [-0.25, -0.2) is 0 Å². The molecular weight excluding hydrogens is 430 g/mol. The Bertz CT molecular complexity index is 998. The number of hydrogen-bond donors (Lipinski definition) is 1. The molecule has 0 radical (unpaired) electrons. The minimum absolute atomic E-state index is 0.000329. The third kappa shape index (κ3) is 5.58. The monoisotopic (exact) mass is 463 g/mol. The van der Waals surface area contributed by atoms with E-state index in [0.29, 0.717) is 18.8 Å². The normalized spacial score (nSPS) is 22.5. The lowest BCUT2D eigenvalue weighted by molar-refractivity contribution is -0.139. The van der Waals surface area contributed by atoms with Crippen molar-refractivity contribution in [3.8, 4) is 5.75 Å². The average molecular weight is 464 g/mol. The molecule has 0 aromatic heterocycles. The van der Waals surface area contributed by atoms with E-state index >= 15 is 0 Å². The highest BCUT2D eigenvalue weighted by Crippen LogP contribution is 2.27. The molecule has 4 rings (SSSR count). The number of hydrogen-bond acceptors (Lipinski definition) is 4. The highest BCUT2D eigenvalue weighted by Gasteiger charge is 2.35. The Morgan fingerprint density at radius 3 is 2.35 bits per heavy atom. The molecular formula is C27H33N3O4. The standard InChI is InChI=1S/C27H33N3O4/c1-19-7-6-8-20(2)30(19)26(32)18-34-24-13-11-23(12-14-24)29-17-22(15-25(29)31)27(33)28-16-21-9-4-3-5-10-21/h3-5,9-14,19-20,22H,6-8,15-18H2,1-2H3,(H,28,33). The van der Waals surface area contributed by atoms with Crippen LogP contribution in [0.2, 0.25) is 0 Å². The van der Waals surface area contributed by atoms with Gasteiger partial charge in [0.25, 0.3) is 5.91 Å². The summed E-state index contributed by atoms with van der Waals surface area (Å²) >= 11 is 0. The Balaban J connectivity index is 1.29. The molecule has 2 heterocycles. The van der Waals surface area contributed by atoms with Gasteiger partial charge in [-0.2, -0.15) is 0 Å². The molecule has 3 unspecified atom stereocenters. The lowest BCUT2D eigenvalue weighted by Gasteiger charge is -2.38. The second kappa shape index (κ2) is 10.7. The van der Waals surface area contributed by atoms with Gasteiger partial charge >= 0.3 is 0 Å². The van der Waals surface area contributed by atoms with Crippen molar-refractivity contribution >= 4 is 23.4 Å². The van der Waals surface area contributed by atoms with Crippen molar-refractivity contribution in [2.45, 2.75) is 58.2 Å². The van der Waals surface area contributed by atoms with Crippen molar-refractivity contribution in [3.05, 3.63) is 60.2 Å². The number of amides is 3. The summed E-state index contributed by atoms with van der Waals surface area (Å²) in [5, 5.41) is 2.93. The van der Waals surface area contributed by atoms with Crippen molar-refractivity contribution in [2.75, 3.05) is 18.1 Å². The quantitative estimate of drug-likeness (QED) is 0.682. The Hall–Kier alpha value is -3.35. The topological polar surface area (TPSA) is 79.0 Å². The lowest BCUT2D eigenvalue weighted by Crippen LogP contribution is -2.49. The van der Waals surface area contributed by atoms with Crippen LogP contribution in [0, 0.1) is 5.92 Å². The SMILES string of the molecule is CC1CCCC(C)N1C(=O)COc1ccc(N2CC(C(=O)NCc3ccccc3)CC2=O)cc1. The maximum absolute atomic E-state index is 12.7. The molecule has 180 valence electrons. The summed E-state index contributed by atoms with van der Waals surface area (Å²) in [5.41, 5.74) is 1.75. The first-order valence-electron chi connectivity index (χ1n) is 12.1. The molecule has 7 heteroatoms. The zero-order valence-electron chi connectivity index (χ0n) is 19.9. The molecule has 0 saturated carbocycles. The van der Waals surface area contributed by atoms with E-state index in [-0.39, 0.29) is 48.8 Å². The van der Waals surface area contributed by atoms with Gasteiger partial charge in [-0.05, 0) is 62.9 Å². The first-order chi connectivity index (χ1) is 16.4. The Morgan fingerprint density at radius 2 is 1.68 bits per heavy atom. The number of nitrogens with zero attached hydrogens (tertiary/aromatic N) is 2. The maximum atomic E-state index is 12.7. The summed E-state index contributed by atoms with van der Waals surface area (Å²) in [6, 6.07) is 17.3. The summed E-state index contributed by atoms with van der Waals surface area (Å²) in [6.07, 6.45) is 3.40. The second-order valence-electron chi connectivity index (χ2n) is 9.32. The fraction of sp³-hybridized carbons (Fsp3) is 0.444. The molecule has 0 aliphatic carbocycles. The average Bonchev–Trinajstić information content (AvgIpc) is 3.24. The maximum Gasteiger partial charge on any atom is 0.260 e. The van der Waals surface area contributed by atoms with Crippen LogP contribution in [0.5, 0.6) is 5.75 Å². The third-order valence-corrected chi connectivity index (χ3v) is 6.80. The minimum Gasteiger partial charge on any atom is -0.484 e. The van der Waals surface area contributed by atoms with Crippen molar-refractivity contribution in [3.63, 3.8) is 0 Å². The van der Waals surface area contributed by atoms with Gasteiger partial charge < -0.3 is 19.9 Å². The second-order valence-corrected chi connectivity index (χ2v) is 9.32. The van der Waals surface area contributed by atoms with Crippen LogP contribution in [-0.4, -0.2) is 47.9 Å². The zero-order chi connectivity index (χ0) is 24.1. The van der Waals surface area contributed by atoms with Crippen LogP contribution in [-0.2, 0) is 20.9 Å². The van der Waals surface area contributed by atoms with E-state index in [2.05, 4.69) is 19.2 Å². The number of carbonyl (C=O) groups is 3. The molecule has 1 N–H and O–H groups in total. The van der Waals surface area contributed by atoms with Gasteiger partial charge in [0.15, 0.2) is 6.61 Å². The minimum atomic E-state index is -0.377. The molecule has 2 saturated heterocycles.